The van der Waals surface area contributed by atoms with Gasteiger partial charge in [0.2, 0.25) is 0 Å². The highest BCUT2D eigenvalue weighted by molar-refractivity contribution is 8.04. The summed E-state index contributed by atoms with van der Waals surface area (Å²) >= 11 is 2.01. The van der Waals surface area contributed by atoms with Gasteiger partial charge in [-0.15, -0.1) is 11.8 Å². The van der Waals surface area contributed by atoms with E-state index in [0.29, 0.717) is 5.25 Å². The summed E-state index contributed by atoms with van der Waals surface area (Å²) in [6.07, 6.45) is 10.1. The maximum atomic E-state index is 3.30. The third kappa shape index (κ3) is 4.17. The molecule has 3 aromatic carbocycles. The topological polar surface area (TPSA) is 3.24 Å². The first-order chi connectivity index (χ1) is 16.2. The van der Waals surface area contributed by atoms with Crippen molar-refractivity contribution >= 4 is 34.4 Å². The summed E-state index contributed by atoms with van der Waals surface area (Å²) in [6.45, 7) is 6.51. The van der Waals surface area contributed by atoms with Gasteiger partial charge in [0.15, 0.2) is 0 Å². The summed E-state index contributed by atoms with van der Waals surface area (Å²) < 4.78 is 0. The molecule has 2 heteroatoms. The molecule has 0 radical (unpaired) electrons. The Balaban J connectivity index is 1.51. The number of rotatable bonds is 5. The molecule has 162 valence electrons. The number of benzene rings is 2. The number of para-hydroxylation sites is 1. The van der Waals surface area contributed by atoms with E-state index < -0.39 is 0 Å². The van der Waals surface area contributed by atoms with Crippen molar-refractivity contribution in [3.8, 4) is 0 Å². The Hall–Kier alpha value is -3.41. The van der Waals surface area contributed by atoms with Crippen LogP contribution >= 0.6 is 11.8 Å². The van der Waals surface area contributed by atoms with Crippen molar-refractivity contribution in [2.24, 2.45) is 0 Å². The van der Waals surface area contributed by atoms with Crippen molar-refractivity contribution in [3.05, 3.63) is 130 Å². The maximum absolute atomic E-state index is 3.30. The van der Waals surface area contributed by atoms with Gasteiger partial charge in [0.05, 0.1) is 5.69 Å². The quantitative estimate of drug-likeness (QED) is 0.386. The van der Waals surface area contributed by atoms with E-state index in [1.165, 1.54) is 32.8 Å². The van der Waals surface area contributed by atoms with Gasteiger partial charge in [-0.25, -0.2) is 0 Å². The van der Waals surface area contributed by atoms with Crippen LogP contribution in [0.2, 0.25) is 0 Å². The van der Waals surface area contributed by atoms with Crippen LogP contribution in [-0.4, -0.2) is 5.25 Å². The third-order valence-electron chi connectivity index (χ3n) is 6.23. The first kappa shape index (κ1) is 21.4. The zero-order valence-electron chi connectivity index (χ0n) is 19.3. The molecule has 0 N–H and O–H groups in total. The van der Waals surface area contributed by atoms with E-state index in [0.717, 1.165) is 23.5 Å². The number of nitrogens with zero attached hydrogens (tertiary/aromatic N) is 1. The average Bonchev–Trinajstić information content (AvgIpc) is 3.18. The van der Waals surface area contributed by atoms with E-state index in [4.69, 9.17) is 0 Å². The van der Waals surface area contributed by atoms with Gasteiger partial charge in [0.1, 0.15) is 0 Å². The normalized spacial score (nSPS) is 17.5. The van der Waals surface area contributed by atoms with E-state index in [2.05, 4.69) is 117 Å². The van der Waals surface area contributed by atoms with E-state index in [1.54, 1.807) is 0 Å². The van der Waals surface area contributed by atoms with Crippen LogP contribution in [0.5, 0.6) is 0 Å². The van der Waals surface area contributed by atoms with Gasteiger partial charge in [-0.3, -0.25) is 0 Å². The van der Waals surface area contributed by atoms with E-state index in [-0.39, 0.29) is 0 Å². The van der Waals surface area contributed by atoms with Crippen molar-refractivity contribution < 1.29 is 0 Å². The van der Waals surface area contributed by atoms with Gasteiger partial charge in [0.25, 0.3) is 0 Å². The summed E-state index contributed by atoms with van der Waals surface area (Å²) in [5, 5.41) is 0.556. The minimum atomic E-state index is 0.556. The highest BCUT2D eigenvalue weighted by Gasteiger charge is 2.29. The molecule has 0 bridgehead atoms. The Morgan fingerprint density at radius 1 is 1.03 bits per heavy atom. The molecular formula is C31H27NS. The molecule has 1 unspecified atom stereocenters. The van der Waals surface area contributed by atoms with Crippen LogP contribution in [0.1, 0.15) is 31.4 Å². The number of thioether (sulfide) groups is 1. The second kappa shape index (κ2) is 9.22. The molecule has 1 heterocycles. The summed E-state index contributed by atoms with van der Waals surface area (Å²) in [6, 6.07) is 30.0. The van der Waals surface area contributed by atoms with Crippen LogP contribution in [0.25, 0.3) is 5.57 Å². The van der Waals surface area contributed by atoms with Gasteiger partial charge in [-0.05, 0) is 97.5 Å². The lowest BCUT2D eigenvalue weighted by atomic mass is 9.95. The van der Waals surface area contributed by atoms with Gasteiger partial charge in [-0.2, -0.15) is 0 Å². The number of fused-ring (bicyclic) bond motifs is 1. The molecule has 0 saturated carbocycles. The number of aryl methyl sites for hydroxylation is 1. The Labute approximate surface area is 201 Å². The minimum Gasteiger partial charge on any atom is -0.303 e. The van der Waals surface area contributed by atoms with E-state index in [1.807, 2.05) is 23.9 Å². The lowest BCUT2D eigenvalue weighted by Gasteiger charge is -2.24. The number of hydrogen-bond donors (Lipinski definition) is 0. The molecule has 0 spiro atoms. The molecule has 0 aromatic heterocycles. The SMILES string of the molecule is C/C=C(\C1=C(C)C2=CC=CCC2S1)c1ccc(N(c2c#ccc(C)c2)c2ccccc2)cc1. The first-order valence-electron chi connectivity index (χ1n) is 11.4. The largest absolute Gasteiger partial charge is 0.303 e. The lowest BCUT2D eigenvalue weighted by Crippen LogP contribution is -2.09. The minimum absolute atomic E-state index is 0.556. The fourth-order valence-corrected chi connectivity index (χ4v) is 6.11. The van der Waals surface area contributed by atoms with Crippen molar-refractivity contribution in [3.63, 3.8) is 0 Å². The smallest absolute Gasteiger partial charge is 0.0976 e. The Kier molecular flexibility index (Phi) is 5.99. The molecule has 33 heavy (non-hydrogen) atoms. The van der Waals surface area contributed by atoms with Crippen molar-refractivity contribution in [2.45, 2.75) is 32.4 Å². The maximum Gasteiger partial charge on any atom is 0.0976 e. The van der Waals surface area contributed by atoms with Crippen molar-refractivity contribution in [1.82, 2.24) is 0 Å². The van der Waals surface area contributed by atoms with Crippen molar-refractivity contribution in [1.29, 1.82) is 0 Å². The van der Waals surface area contributed by atoms with Gasteiger partial charge >= 0.3 is 0 Å². The van der Waals surface area contributed by atoms with Gasteiger partial charge in [0, 0.05) is 21.5 Å². The van der Waals surface area contributed by atoms with Crippen LogP contribution < -0.4 is 4.90 Å². The zero-order chi connectivity index (χ0) is 22.8. The summed E-state index contributed by atoms with van der Waals surface area (Å²) in [4.78, 5) is 3.65. The molecule has 1 aliphatic carbocycles. The summed E-state index contributed by atoms with van der Waals surface area (Å²) in [7, 11) is 0. The van der Waals surface area contributed by atoms with Crippen LogP contribution in [0, 0.1) is 19.1 Å². The third-order valence-corrected chi connectivity index (χ3v) is 7.72. The molecule has 1 nitrogen and oxygen atoms in total. The zero-order valence-corrected chi connectivity index (χ0v) is 20.1. The Morgan fingerprint density at radius 2 is 1.79 bits per heavy atom. The second-order valence-electron chi connectivity index (χ2n) is 8.45. The fraction of sp³-hybridized carbons (Fsp3) is 0.161. The van der Waals surface area contributed by atoms with E-state index in [9.17, 15) is 0 Å². The predicted molar refractivity (Wildman–Crippen MR) is 143 cm³/mol. The van der Waals surface area contributed by atoms with Gasteiger partial charge in [-0.1, -0.05) is 60.7 Å². The molecular weight excluding hydrogens is 418 g/mol. The van der Waals surface area contributed by atoms with Crippen LogP contribution in [0.15, 0.2) is 107 Å². The molecule has 5 rings (SSSR count). The standard InChI is InChI=1S/C31H27NS/c1-4-28(31-23(3)29-15-8-9-16-30(29)33-31)24-17-19-26(20-18-24)32(25-12-6-5-7-13-25)27-14-10-11-22(2)21-27/h4-9,11-13,15,17-21,30H,16H2,1-3H3/b28-4-. The molecule has 0 saturated heterocycles. The molecule has 0 fully saturated rings. The Morgan fingerprint density at radius 3 is 2.48 bits per heavy atom. The predicted octanol–water partition coefficient (Wildman–Crippen LogP) is 8.74. The van der Waals surface area contributed by atoms with Gasteiger partial charge < -0.3 is 4.90 Å². The van der Waals surface area contributed by atoms with Crippen LogP contribution in [-0.2, 0) is 0 Å². The summed E-state index contributed by atoms with van der Waals surface area (Å²) in [5.41, 5.74) is 9.86. The van der Waals surface area contributed by atoms with Crippen LogP contribution in [0.4, 0.5) is 17.1 Å². The molecule has 3 aromatic rings. The highest BCUT2D eigenvalue weighted by atomic mass is 32.2. The molecule has 1 aliphatic heterocycles. The fourth-order valence-electron chi connectivity index (χ4n) is 4.57. The Bertz CT molecular complexity index is 1280. The number of hydrogen-bond acceptors (Lipinski definition) is 2. The lowest BCUT2D eigenvalue weighted by molar-refractivity contribution is 1.01. The molecule has 1 atom stereocenters. The van der Waals surface area contributed by atoms with Crippen LogP contribution in [0.3, 0.4) is 0 Å². The van der Waals surface area contributed by atoms with Crippen molar-refractivity contribution in [2.75, 3.05) is 4.90 Å². The monoisotopic (exact) mass is 445 g/mol. The molecule has 2 aliphatic rings. The first-order valence-corrected chi connectivity index (χ1v) is 12.3. The number of allylic oxidation sites excluding steroid dienone is 6. The average molecular weight is 446 g/mol. The summed E-state index contributed by atoms with van der Waals surface area (Å²) in [5.74, 6) is 0. The number of anilines is 3. The second-order valence-corrected chi connectivity index (χ2v) is 9.67. The van der Waals surface area contributed by atoms with E-state index >= 15 is 0 Å². The highest BCUT2D eigenvalue weighted by Crippen LogP contribution is 2.50. The molecule has 0 amide bonds.